The van der Waals surface area contributed by atoms with E-state index < -0.39 is 0 Å². The Hall–Kier alpha value is -2.31. The summed E-state index contributed by atoms with van der Waals surface area (Å²) in [6.07, 6.45) is 1.34. The van der Waals surface area contributed by atoms with Crippen LogP contribution in [0.25, 0.3) is 0 Å². The van der Waals surface area contributed by atoms with Gasteiger partial charge in [-0.2, -0.15) is 0 Å². The Morgan fingerprint density at radius 3 is 3.00 bits per heavy atom. The molecule has 2 rings (SSSR count). The molecular weight excluding hydrogens is 225 g/mol. The van der Waals surface area contributed by atoms with Crippen LogP contribution in [-0.4, -0.2) is 26.1 Å². The average molecular weight is 235 g/mol. The highest BCUT2D eigenvalue weighted by atomic mass is 19.1. The van der Waals surface area contributed by atoms with Crippen LogP contribution in [-0.2, 0) is 11.3 Å². The first-order valence-corrected chi connectivity index (χ1v) is 4.92. The standard InChI is InChI=1S/C10H10FN5O/c1-7-4-8(11)2-3-9(7)13-10(17)5-16-6-12-14-15-16/h2-4,6H,5H2,1H3,(H,13,17). The van der Waals surface area contributed by atoms with E-state index in [9.17, 15) is 9.18 Å². The number of nitrogens with zero attached hydrogens (tertiary/aromatic N) is 4. The Morgan fingerprint density at radius 1 is 1.53 bits per heavy atom. The molecule has 0 aliphatic heterocycles. The van der Waals surface area contributed by atoms with Crippen LogP contribution >= 0.6 is 0 Å². The molecule has 1 N–H and O–H groups in total. The van der Waals surface area contributed by atoms with Crippen LogP contribution < -0.4 is 5.32 Å². The first-order valence-electron chi connectivity index (χ1n) is 4.92. The van der Waals surface area contributed by atoms with Crippen molar-refractivity contribution >= 4 is 11.6 Å². The average Bonchev–Trinajstić information content (AvgIpc) is 2.75. The topological polar surface area (TPSA) is 72.7 Å². The lowest BCUT2D eigenvalue weighted by molar-refractivity contribution is -0.116. The van der Waals surface area contributed by atoms with Crippen molar-refractivity contribution in [3.63, 3.8) is 0 Å². The Labute approximate surface area is 96.4 Å². The lowest BCUT2D eigenvalue weighted by Crippen LogP contribution is -2.19. The molecule has 0 saturated carbocycles. The number of carbonyl (C=O) groups excluding carboxylic acids is 1. The molecule has 7 heteroatoms. The van der Waals surface area contributed by atoms with Gasteiger partial charge in [0.25, 0.3) is 0 Å². The number of aromatic nitrogens is 4. The van der Waals surface area contributed by atoms with E-state index in [0.29, 0.717) is 11.3 Å². The number of benzene rings is 1. The van der Waals surface area contributed by atoms with Gasteiger partial charge in [0.05, 0.1) is 0 Å². The monoisotopic (exact) mass is 235 g/mol. The summed E-state index contributed by atoms with van der Waals surface area (Å²) in [7, 11) is 0. The summed E-state index contributed by atoms with van der Waals surface area (Å²) in [6, 6.07) is 4.16. The number of halogens is 1. The van der Waals surface area contributed by atoms with Crippen LogP contribution in [0.2, 0.25) is 0 Å². The second kappa shape index (κ2) is 4.69. The summed E-state index contributed by atoms with van der Waals surface area (Å²) in [5, 5.41) is 13.1. The van der Waals surface area contributed by atoms with Crippen molar-refractivity contribution in [1.82, 2.24) is 20.2 Å². The van der Waals surface area contributed by atoms with Gasteiger partial charge in [-0.3, -0.25) is 4.79 Å². The number of carbonyl (C=O) groups is 1. The molecule has 0 spiro atoms. The minimum atomic E-state index is -0.332. The van der Waals surface area contributed by atoms with Crippen molar-refractivity contribution < 1.29 is 9.18 Å². The summed E-state index contributed by atoms with van der Waals surface area (Å²) >= 11 is 0. The predicted molar refractivity (Wildman–Crippen MR) is 57.6 cm³/mol. The molecule has 2 aromatic rings. The molecule has 6 nitrogen and oxygen atoms in total. The van der Waals surface area contributed by atoms with E-state index in [1.54, 1.807) is 6.92 Å². The summed E-state index contributed by atoms with van der Waals surface area (Å²) < 4.78 is 14.1. The first-order chi connectivity index (χ1) is 8.15. The molecule has 0 radical (unpaired) electrons. The van der Waals surface area contributed by atoms with Crippen molar-refractivity contribution in [2.24, 2.45) is 0 Å². The normalized spacial score (nSPS) is 10.2. The molecule has 88 valence electrons. The molecule has 0 bridgehead atoms. The highest BCUT2D eigenvalue weighted by Gasteiger charge is 2.06. The van der Waals surface area contributed by atoms with Crippen molar-refractivity contribution in [3.05, 3.63) is 35.9 Å². The van der Waals surface area contributed by atoms with Gasteiger partial charge in [0, 0.05) is 5.69 Å². The van der Waals surface area contributed by atoms with Crippen LogP contribution in [0, 0.1) is 12.7 Å². The maximum atomic E-state index is 12.8. The minimum Gasteiger partial charge on any atom is -0.324 e. The van der Waals surface area contributed by atoms with Crippen LogP contribution in [0.5, 0.6) is 0 Å². The molecule has 0 unspecified atom stereocenters. The van der Waals surface area contributed by atoms with Gasteiger partial charge in [0.2, 0.25) is 5.91 Å². The zero-order valence-electron chi connectivity index (χ0n) is 9.09. The third-order valence-electron chi connectivity index (χ3n) is 2.16. The number of hydrogen-bond donors (Lipinski definition) is 1. The molecule has 17 heavy (non-hydrogen) atoms. The number of amides is 1. The molecule has 1 aromatic heterocycles. The molecule has 0 fully saturated rings. The van der Waals surface area contributed by atoms with Crippen LogP contribution in [0.1, 0.15) is 5.56 Å². The largest absolute Gasteiger partial charge is 0.324 e. The molecule has 1 heterocycles. The third-order valence-corrected chi connectivity index (χ3v) is 2.16. The van der Waals surface area contributed by atoms with Gasteiger partial charge in [-0.25, -0.2) is 9.07 Å². The second-order valence-corrected chi connectivity index (χ2v) is 3.51. The number of hydrogen-bond acceptors (Lipinski definition) is 4. The number of tetrazole rings is 1. The summed E-state index contributed by atoms with van der Waals surface area (Å²) in [5.41, 5.74) is 1.24. The Balaban J connectivity index is 2.03. The Morgan fingerprint density at radius 2 is 2.35 bits per heavy atom. The molecule has 0 aliphatic rings. The number of nitrogens with one attached hydrogen (secondary N) is 1. The quantitative estimate of drug-likeness (QED) is 0.852. The molecular formula is C10H10FN5O. The number of anilines is 1. The Bertz CT molecular complexity index is 525. The van der Waals surface area contributed by atoms with E-state index in [2.05, 4.69) is 20.8 Å². The number of rotatable bonds is 3. The van der Waals surface area contributed by atoms with Crippen LogP contribution in [0.3, 0.4) is 0 Å². The van der Waals surface area contributed by atoms with E-state index in [1.807, 2.05) is 0 Å². The van der Waals surface area contributed by atoms with Crippen LogP contribution in [0.15, 0.2) is 24.5 Å². The lowest BCUT2D eigenvalue weighted by Gasteiger charge is -2.07. The Kier molecular flexibility index (Phi) is 3.08. The van der Waals surface area contributed by atoms with Crippen molar-refractivity contribution in [2.75, 3.05) is 5.32 Å². The van der Waals surface area contributed by atoms with Gasteiger partial charge in [-0.15, -0.1) is 5.10 Å². The van der Waals surface area contributed by atoms with Gasteiger partial charge in [0.15, 0.2) is 0 Å². The van der Waals surface area contributed by atoms with Crippen molar-refractivity contribution in [3.8, 4) is 0 Å². The highest BCUT2D eigenvalue weighted by molar-refractivity contribution is 5.91. The van der Waals surface area contributed by atoms with E-state index in [1.165, 1.54) is 29.2 Å². The van der Waals surface area contributed by atoms with E-state index in [-0.39, 0.29) is 18.3 Å². The fourth-order valence-electron chi connectivity index (χ4n) is 1.36. The minimum absolute atomic E-state index is 0.0177. The zero-order valence-corrected chi connectivity index (χ0v) is 9.09. The molecule has 0 aliphatic carbocycles. The molecule has 0 saturated heterocycles. The van der Waals surface area contributed by atoms with Gasteiger partial charge >= 0.3 is 0 Å². The highest BCUT2D eigenvalue weighted by Crippen LogP contribution is 2.15. The fourth-order valence-corrected chi connectivity index (χ4v) is 1.36. The van der Waals surface area contributed by atoms with Gasteiger partial charge in [-0.05, 0) is 41.1 Å². The first kappa shape index (κ1) is 11.2. The summed E-state index contributed by atoms with van der Waals surface area (Å²) in [6.45, 7) is 1.74. The smallest absolute Gasteiger partial charge is 0.246 e. The summed E-state index contributed by atoms with van der Waals surface area (Å²) in [5.74, 6) is -0.604. The SMILES string of the molecule is Cc1cc(F)ccc1NC(=O)Cn1cnnn1. The van der Waals surface area contributed by atoms with Crippen molar-refractivity contribution in [2.45, 2.75) is 13.5 Å². The van der Waals surface area contributed by atoms with E-state index in [0.717, 1.165) is 0 Å². The predicted octanol–water partition coefficient (Wildman–Crippen LogP) is 0.759. The summed E-state index contributed by atoms with van der Waals surface area (Å²) in [4.78, 5) is 11.6. The second-order valence-electron chi connectivity index (χ2n) is 3.51. The maximum absolute atomic E-state index is 12.8. The third kappa shape index (κ3) is 2.83. The van der Waals surface area contributed by atoms with Gasteiger partial charge in [0.1, 0.15) is 18.7 Å². The molecule has 0 atom stereocenters. The fraction of sp³-hybridized carbons (Fsp3) is 0.200. The molecule has 1 aromatic carbocycles. The van der Waals surface area contributed by atoms with E-state index >= 15 is 0 Å². The number of aryl methyl sites for hydroxylation is 1. The van der Waals surface area contributed by atoms with Crippen molar-refractivity contribution in [1.29, 1.82) is 0 Å². The van der Waals surface area contributed by atoms with Gasteiger partial charge in [-0.1, -0.05) is 0 Å². The lowest BCUT2D eigenvalue weighted by atomic mass is 10.2. The van der Waals surface area contributed by atoms with E-state index in [4.69, 9.17) is 0 Å². The zero-order chi connectivity index (χ0) is 12.3. The van der Waals surface area contributed by atoms with Gasteiger partial charge < -0.3 is 5.32 Å². The maximum Gasteiger partial charge on any atom is 0.246 e. The molecule has 1 amide bonds. The van der Waals surface area contributed by atoms with Crippen LogP contribution in [0.4, 0.5) is 10.1 Å².